The van der Waals surface area contributed by atoms with Gasteiger partial charge in [-0.15, -0.1) is 0 Å². The standard InChI is InChI=1S/C6H8.C3H6/c1-2-4-6-5-3-1;1-2-3-1/h1-4H,5-6H2;1-3H2. The molecule has 2 aliphatic rings. The summed E-state index contributed by atoms with van der Waals surface area (Å²) >= 11 is 0. The van der Waals surface area contributed by atoms with Crippen LogP contribution in [0, 0.1) is 0 Å². The van der Waals surface area contributed by atoms with Crippen LogP contribution in [-0.4, -0.2) is 0 Å². The van der Waals surface area contributed by atoms with Crippen molar-refractivity contribution in [2.24, 2.45) is 0 Å². The summed E-state index contributed by atoms with van der Waals surface area (Å²) in [6, 6.07) is 0. The molecule has 2 aliphatic carbocycles. The van der Waals surface area contributed by atoms with Gasteiger partial charge in [0, 0.05) is 0 Å². The van der Waals surface area contributed by atoms with Gasteiger partial charge in [0.2, 0.25) is 0 Å². The van der Waals surface area contributed by atoms with E-state index in [-0.39, 0.29) is 0 Å². The molecule has 0 amide bonds. The number of rotatable bonds is 0. The van der Waals surface area contributed by atoms with Crippen LogP contribution in [0.25, 0.3) is 0 Å². The molecule has 0 aromatic carbocycles. The first kappa shape index (κ1) is 6.60. The summed E-state index contributed by atoms with van der Waals surface area (Å²) in [5.74, 6) is 0. The van der Waals surface area contributed by atoms with Crippen LogP contribution in [0.15, 0.2) is 24.3 Å². The largest absolute Gasteiger partial charge is 0.0842 e. The summed E-state index contributed by atoms with van der Waals surface area (Å²) in [6.45, 7) is 0. The van der Waals surface area contributed by atoms with Crippen molar-refractivity contribution in [2.45, 2.75) is 32.1 Å². The molecule has 0 aromatic rings. The fraction of sp³-hybridized carbons (Fsp3) is 0.556. The van der Waals surface area contributed by atoms with Crippen molar-refractivity contribution < 1.29 is 0 Å². The molecule has 0 bridgehead atoms. The second-order valence-electron chi connectivity index (χ2n) is 2.49. The highest BCUT2D eigenvalue weighted by molar-refractivity contribution is 5.07. The highest BCUT2D eigenvalue weighted by Gasteiger charge is 1.95. The second kappa shape index (κ2) is 4.37. The van der Waals surface area contributed by atoms with Gasteiger partial charge in [0.25, 0.3) is 0 Å². The minimum atomic E-state index is 1.23. The molecule has 1 saturated carbocycles. The summed E-state index contributed by atoms with van der Waals surface area (Å²) in [5.41, 5.74) is 0. The first-order valence-electron chi connectivity index (χ1n) is 3.82. The van der Waals surface area contributed by atoms with Crippen LogP contribution >= 0.6 is 0 Å². The van der Waals surface area contributed by atoms with Gasteiger partial charge in [-0.2, -0.15) is 0 Å². The molecular weight excluding hydrogens is 108 g/mol. The average molecular weight is 122 g/mol. The van der Waals surface area contributed by atoms with Crippen molar-refractivity contribution in [3.63, 3.8) is 0 Å². The van der Waals surface area contributed by atoms with Crippen LogP contribution in [0.2, 0.25) is 0 Å². The lowest BCUT2D eigenvalue weighted by atomic mass is 10.2. The third kappa shape index (κ3) is 5.35. The zero-order chi connectivity index (χ0) is 6.36. The van der Waals surface area contributed by atoms with Crippen molar-refractivity contribution in [1.29, 1.82) is 0 Å². The molecule has 0 heteroatoms. The molecule has 50 valence electrons. The van der Waals surface area contributed by atoms with E-state index < -0.39 is 0 Å². The van der Waals surface area contributed by atoms with E-state index in [2.05, 4.69) is 24.3 Å². The summed E-state index contributed by atoms with van der Waals surface area (Å²) in [4.78, 5) is 0. The summed E-state index contributed by atoms with van der Waals surface area (Å²) in [6.07, 6.45) is 15.5. The van der Waals surface area contributed by atoms with E-state index in [1.807, 2.05) is 0 Å². The highest BCUT2D eigenvalue weighted by Crippen LogP contribution is 2.14. The Kier molecular flexibility index (Phi) is 3.20. The summed E-state index contributed by atoms with van der Waals surface area (Å²) < 4.78 is 0. The molecule has 0 unspecified atom stereocenters. The van der Waals surface area contributed by atoms with E-state index in [0.717, 1.165) is 0 Å². The molecule has 1 fully saturated rings. The first-order valence-corrected chi connectivity index (χ1v) is 3.82. The number of hydrogen-bond acceptors (Lipinski definition) is 0. The topological polar surface area (TPSA) is 0 Å². The third-order valence-electron chi connectivity index (χ3n) is 1.24. The highest BCUT2D eigenvalue weighted by atomic mass is 14.0. The van der Waals surface area contributed by atoms with Crippen molar-refractivity contribution >= 4 is 0 Å². The molecule has 0 N–H and O–H groups in total. The van der Waals surface area contributed by atoms with Crippen molar-refractivity contribution in [3.05, 3.63) is 24.3 Å². The molecule has 0 nitrogen and oxygen atoms in total. The Hall–Kier alpha value is -0.520. The molecule has 2 rings (SSSR count). The van der Waals surface area contributed by atoms with E-state index in [0.29, 0.717) is 0 Å². The Morgan fingerprint density at radius 2 is 1.11 bits per heavy atom. The lowest BCUT2D eigenvalue weighted by molar-refractivity contribution is 1.04. The van der Waals surface area contributed by atoms with Crippen LogP contribution < -0.4 is 0 Å². The van der Waals surface area contributed by atoms with Crippen LogP contribution in [-0.2, 0) is 0 Å². The number of hydrogen-bond donors (Lipinski definition) is 0. The predicted molar refractivity (Wildman–Crippen MR) is 41.4 cm³/mol. The van der Waals surface area contributed by atoms with Crippen LogP contribution in [0.3, 0.4) is 0 Å². The van der Waals surface area contributed by atoms with Gasteiger partial charge in [0.05, 0.1) is 0 Å². The minimum Gasteiger partial charge on any atom is -0.0842 e. The fourth-order valence-electron chi connectivity index (χ4n) is 0.542. The monoisotopic (exact) mass is 122 g/mol. The molecular formula is C9H14. The van der Waals surface area contributed by atoms with E-state index in [1.54, 1.807) is 0 Å². The third-order valence-corrected chi connectivity index (χ3v) is 1.24. The molecule has 0 aliphatic heterocycles. The first-order chi connectivity index (χ1) is 4.50. The fourth-order valence-corrected chi connectivity index (χ4v) is 0.542. The molecule has 0 atom stereocenters. The van der Waals surface area contributed by atoms with Gasteiger partial charge in [-0.25, -0.2) is 0 Å². The Balaban J connectivity index is 0.000000112. The van der Waals surface area contributed by atoms with E-state index in [4.69, 9.17) is 0 Å². The van der Waals surface area contributed by atoms with Crippen molar-refractivity contribution in [2.75, 3.05) is 0 Å². The van der Waals surface area contributed by atoms with Crippen LogP contribution in [0.4, 0.5) is 0 Å². The van der Waals surface area contributed by atoms with Gasteiger partial charge in [-0.1, -0.05) is 43.6 Å². The SMILES string of the molecule is C1=CCCC=C1.C1CC1. The molecule has 0 saturated heterocycles. The van der Waals surface area contributed by atoms with E-state index >= 15 is 0 Å². The van der Waals surface area contributed by atoms with Crippen LogP contribution in [0.1, 0.15) is 32.1 Å². The molecule has 0 aromatic heterocycles. The van der Waals surface area contributed by atoms with Crippen molar-refractivity contribution in [1.82, 2.24) is 0 Å². The van der Waals surface area contributed by atoms with E-state index in [1.165, 1.54) is 32.1 Å². The average Bonchev–Trinajstić information content (AvgIpc) is 2.76. The molecule has 9 heavy (non-hydrogen) atoms. The van der Waals surface area contributed by atoms with Crippen LogP contribution in [0.5, 0.6) is 0 Å². The zero-order valence-corrected chi connectivity index (χ0v) is 5.84. The normalized spacial score (nSPS) is 20.4. The zero-order valence-electron chi connectivity index (χ0n) is 5.84. The van der Waals surface area contributed by atoms with Gasteiger partial charge >= 0.3 is 0 Å². The van der Waals surface area contributed by atoms with Gasteiger partial charge in [-0.05, 0) is 12.8 Å². The Morgan fingerprint density at radius 3 is 1.22 bits per heavy atom. The maximum atomic E-state index is 2.18. The van der Waals surface area contributed by atoms with Gasteiger partial charge < -0.3 is 0 Å². The molecule has 0 radical (unpaired) electrons. The number of allylic oxidation sites excluding steroid dienone is 4. The lowest BCUT2D eigenvalue weighted by Crippen LogP contribution is -1.67. The Labute approximate surface area is 57.3 Å². The Morgan fingerprint density at radius 1 is 0.667 bits per heavy atom. The second-order valence-corrected chi connectivity index (χ2v) is 2.49. The lowest BCUT2D eigenvalue weighted by Gasteiger charge is -1.88. The molecule has 0 spiro atoms. The van der Waals surface area contributed by atoms with Gasteiger partial charge in [-0.3, -0.25) is 0 Å². The Bertz CT molecular complexity index is 92.5. The summed E-state index contributed by atoms with van der Waals surface area (Å²) in [7, 11) is 0. The van der Waals surface area contributed by atoms with E-state index in [9.17, 15) is 0 Å². The van der Waals surface area contributed by atoms with Gasteiger partial charge in [0.1, 0.15) is 0 Å². The summed E-state index contributed by atoms with van der Waals surface area (Å²) in [5, 5.41) is 0. The predicted octanol–water partition coefficient (Wildman–Crippen LogP) is 3.06. The molecule has 0 heterocycles. The maximum absolute atomic E-state index is 2.18. The van der Waals surface area contributed by atoms with Crippen molar-refractivity contribution in [3.8, 4) is 0 Å². The smallest absolute Gasteiger partial charge is 0.0313 e. The maximum Gasteiger partial charge on any atom is -0.0313 e. The minimum absolute atomic E-state index is 1.23. The quantitative estimate of drug-likeness (QED) is 0.463. The van der Waals surface area contributed by atoms with Gasteiger partial charge in [0.15, 0.2) is 0 Å².